The summed E-state index contributed by atoms with van der Waals surface area (Å²) in [6.07, 6.45) is 24.1. The first-order chi connectivity index (χ1) is 12.5. The molecule has 0 heterocycles. The molecule has 0 radical (unpaired) electrons. The standard InChI is InChI=1S/C24H48O2/c1-5-6-7-8-9-10-11-12-13-14-15-16-17-18-19-20-21-24(2,3)22-23(25)26-4/h5-22H2,1-4H3. The Bertz CT molecular complexity index is 309. The second-order valence-corrected chi connectivity index (χ2v) is 8.97. The molecule has 0 rings (SSSR count). The molecule has 0 saturated heterocycles. The molecular formula is C24H48O2. The molecule has 0 aliphatic rings. The van der Waals surface area contributed by atoms with Crippen LogP contribution in [0.25, 0.3) is 0 Å². The molecule has 0 amide bonds. The molecule has 0 aromatic carbocycles. The van der Waals surface area contributed by atoms with E-state index >= 15 is 0 Å². The van der Waals surface area contributed by atoms with Crippen LogP contribution in [0.1, 0.15) is 136 Å². The normalized spacial score (nSPS) is 11.7. The lowest BCUT2D eigenvalue weighted by Gasteiger charge is -2.22. The van der Waals surface area contributed by atoms with Crippen LogP contribution in [0, 0.1) is 5.41 Å². The Kier molecular flexibility index (Phi) is 17.5. The SMILES string of the molecule is CCCCCCCCCCCCCCCCCCC(C)(C)CC(=O)OC. The number of ether oxygens (including phenoxy) is 1. The van der Waals surface area contributed by atoms with Gasteiger partial charge >= 0.3 is 5.97 Å². The van der Waals surface area contributed by atoms with Gasteiger partial charge < -0.3 is 4.74 Å². The van der Waals surface area contributed by atoms with E-state index in [1.807, 2.05) is 0 Å². The van der Waals surface area contributed by atoms with Crippen molar-refractivity contribution in [2.75, 3.05) is 7.11 Å². The van der Waals surface area contributed by atoms with Gasteiger partial charge in [-0.1, -0.05) is 124 Å². The fraction of sp³-hybridized carbons (Fsp3) is 0.958. The summed E-state index contributed by atoms with van der Waals surface area (Å²) in [4.78, 5) is 11.4. The van der Waals surface area contributed by atoms with E-state index < -0.39 is 0 Å². The van der Waals surface area contributed by atoms with Gasteiger partial charge in [-0.3, -0.25) is 4.79 Å². The Morgan fingerprint density at radius 2 is 1.00 bits per heavy atom. The zero-order valence-corrected chi connectivity index (χ0v) is 18.5. The maximum Gasteiger partial charge on any atom is 0.306 e. The summed E-state index contributed by atoms with van der Waals surface area (Å²) in [6, 6.07) is 0. The molecule has 0 aliphatic heterocycles. The Morgan fingerprint density at radius 1 is 0.654 bits per heavy atom. The summed E-state index contributed by atoms with van der Waals surface area (Å²) in [6.45, 7) is 6.64. The molecule has 0 atom stereocenters. The van der Waals surface area contributed by atoms with E-state index in [-0.39, 0.29) is 11.4 Å². The third kappa shape index (κ3) is 18.3. The second-order valence-electron chi connectivity index (χ2n) is 8.97. The molecule has 2 nitrogen and oxygen atoms in total. The van der Waals surface area contributed by atoms with Gasteiger partial charge in [0, 0.05) is 0 Å². The highest BCUT2D eigenvalue weighted by molar-refractivity contribution is 5.69. The minimum atomic E-state index is -0.0773. The lowest BCUT2D eigenvalue weighted by Crippen LogP contribution is -2.18. The van der Waals surface area contributed by atoms with Crippen LogP contribution in [0.3, 0.4) is 0 Å². The van der Waals surface area contributed by atoms with Gasteiger partial charge in [0.05, 0.1) is 13.5 Å². The Hall–Kier alpha value is -0.530. The largest absolute Gasteiger partial charge is 0.469 e. The molecule has 2 heteroatoms. The molecule has 0 saturated carbocycles. The van der Waals surface area contributed by atoms with Gasteiger partial charge in [0.15, 0.2) is 0 Å². The number of methoxy groups -OCH3 is 1. The monoisotopic (exact) mass is 368 g/mol. The van der Waals surface area contributed by atoms with E-state index in [1.165, 1.54) is 110 Å². The van der Waals surface area contributed by atoms with Crippen molar-refractivity contribution >= 4 is 5.97 Å². The molecule has 26 heavy (non-hydrogen) atoms. The minimum absolute atomic E-state index is 0.0773. The van der Waals surface area contributed by atoms with Crippen LogP contribution < -0.4 is 0 Å². The molecular weight excluding hydrogens is 320 g/mol. The average Bonchev–Trinajstić information content (AvgIpc) is 2.60. The maximum atomic E-state index is 11.4. The van der Waals surface area contributed by atoms with E-state index in [1.54, 1.807) is 0 Å². The van der Waals surface area contributed by atoms with Gasteiger partial charge in [0.1, 0.15) is 0 Å². The van der Waals surface area contributed by atoms with Crippen molar-refractivity contribution in [1.29, 1.82) is 0 Å². The number of carbonyl (C=O) groups excluding carboxylic acids is 1. The minimum Gasteiger partial charge on any atom is -0.469 e. The summed E-state index contributed by atoms with van der Waals surface area (Å²) in [5.74, 6) is -0.0773. The lowest BCUT2D eigenvalue weighted by molar-refractivity contribution is -0.143. The molecule has 0 N–H and O–H groups in total. The van der Waals surface area contributed by atoms with Crippen molar-refractivity contribution in [3.05, 3.63) is 0 Å². The third-order valence-electron chi connectivity index (χ3n) is 5.56. The summed E-state index contributed by atoms with van der Waals surface area (Å²) >= 11 is 0. The number of hydrogen-bond acceptors (Lipinski definition) is 2. The van der Waals surface area contributed by atoms with Gasteiger partial charge in [-0.2, -0.15) is 0 Å². The van der Waals surface area contributed by atoms with Crippen molar-refractivity contribution in [2.45, 2.75) is 136 Å². The van der Waals surface area contributed by atoms with Crippen LogP contribution in [0.4, 0.5) is 0 Å². The van der Waals surface area contributed by atoms with Crippen molar-refractivity contribution in [3.8, 4) is 0 Å². The number of carbonyl (C=O) groups is 1. The smallest absolute Gasteiger partial charge is 0.306 e. The molecule has 0 spiro atoms. The van der Waals surface area contributed by atoms with Crippen molar-refractivity contribution in [2.24, 2.45) is 5.41 Å². The lowest BCUT2D eigenvalue weighted by atomic mass is 9.83. The van der Waals surface area contributed by atoms with Gasteiger partial charge in [0.25, 0.3) is 0 Å². The highest BCUT2D eigenvalue weighted by Crippen LogP contribution is 2.28. The van der Waals surface area contributed by atoms with Crippen LogP contribution in [0.5, 0.6) is 0 Å². The van der Waals surface area contributed by atoms with E-state index in [2.05, 4.69) is 20.8 Å². The predicted molar refractivity (Wildman–Crippen MR) is 115 cm³/mol. The van der Waals surface area contributed by atoms with Crippen LogP contribution in [0.2, 0.25) is 0 Å². The second kappa shape index (κ2) is 17.9. The highest BCUT2D eigenvalue weighted by atomic mass is 16.5. The Balaban J connectivity index is 3.23. The molecule has 156 valence electrons. The molecule has 0 aromatic heterocycles. The first-order valence-corrected chi connectivity index (χ1v) is 11.6. The van der Waals surface area contributed by atoms with E-state index in [0.717, 1.165) is 6.42 Å². The molecule has 0 unspecified atom stereocenters. The quantitative estimate of drug-likeness (QED) is 0.169. The summed E-state index contributed by atoms with van der Waals surface area (Å²) < 4.78 is 4.78. The number of unbranched alkanes of at least 4 members (excludes halogenated alkanes) is 15. The maximum absolute atomic E-state index is 11.4. The third-order valence-corrected chi connectivity index (χ3v) is 5.56. The zero-order valence-electron chi connectivity index (χ0n) is 18.5. The van der Waals surface area contributed by atoms with Gasteiger partial charge in [-0.05, 0) is 11.8 Å². The first kappa shape index (κ1) is 25.5. The van der Waals surface area contributed by atoms with Crippen molar-refractivity contribution < 1.29 is 9.53 Å². The van der Waals surface area contributed by atoms with Crippen LogP contribution in [0.15, 0.2) is 0 Å². The van der Waals surface area contributed by atoms with Crippen molar-refractivity contribution in [1.82, 2.24) is 0 Å². The van der Waals surface area contributed by atoms with Gasteiger partial charge in [-0.15, -0.1) is 0 Å². The summed E-state index contributed by atoms with van der Waals surface area (Å²) in [7, 11) is 1.48. The fourth-order valence-corrected chi connectivity index (χ4v) is 3.70. The molecule has 0 fully saturated rings. The molecule has 0 aliphatic carbocycles. The van der Waals surface area contributed by atoms with E-state index in [0.29, 0.717) is 6.42 Å². The number of esters is 1. The average molecular weight is 369 g/mol. The first-order valence-electron chi connectivity index (χ1n) is 11.6. The number of rotatable bonds is 19. The van der Waals surface area contributed by atoms with Gasteiger partial charge in [-0.25, -0.2) is 0 Å². The summed E-state index contributed by atoms with van der Waals surface area (Å²) in [5.41, 5.74) is 0.0864. The zero-order chi connectivity index (χ0) is 19.5. The molecule has 0 aromatic rings. The van der Waals surface area contributed by atoms with E-state index in [9.17, 15) is 4.79 Å². The van der Waals surface area contributed by atoms with Crippen LogP contribution >= 0.6 is 0 Å². The summed E-state index contributed by atoms with van der Waals surface area (Å²) in [5, 5.41) is 0. The van der Waals surface area contributed by atoms with Crippen LogP contribution in [-0.2, 0) is 9.53 Å². The topological polar surface area (TPSA) is 26.3 Å². The molecule has 0 bridgehead atoms. The Labute approximate surface area is 164 Å². The van der Waals surface area contributed by atoms with Crippen molar-refractivity contribution in [3.63, 3.8) is 0 Å². The Morgan fingerprint density at radius 3 is 1.35 bits per heavy atom. The highest BCUT2D eigenvalue weighted by Gasteiger charge is 2.21. The number of hydrogen-bond donors (Lipinski definition) is 0. The van der Waals surface area contributed by atoms with Gasteiger partial charge in [0.2, 0.25) is 0 Å². The van der Waals surface area contributed by atoms with E-state index in [4.69, 9.17) is 4.74 Å². The fourth-order valence-electron chi connectivity index (χ4n) is 3.70. The predicted octanol–water partition coefficient (Wildman–Crippen LogP) is 8.23. The van der Waals surface area contributed by atoms with Crippen LogP contribution in [-0.4, -0.2) is 13.1 Å².